The normalized spacial score (nSPS) is 21.5. The van der Waals surface area contributed by atoms with E-state index >= 15 is 0 Å². The maximum absolute atomic E-state index is 12.6. The molecular weight excluding hydrogens is 255 g/mol. The minimum absolute atomic E-state index is 0.279. The number of hydrogen-bond acceptors (Lipinski definition) is 2. The van der Waals surface area contributed by atoms with Gasteiger partial charge in [-0.25, -0.2) is 0 Å². The van der Waals surface area contributed by atoms with Crippen LogP contribution in [0.25, 0.3) is 0 Å². The van der Waals surface area contributed by atoms with Crippen LogP contribution in [0, 0.1) is 0 Å². The van der Waals surface area contributed by atoms with Crippen LogP contribution in [0.1, 0.15) is 17.2 Å². The molecule has 1 atom stereocenters. The number of ether oxygens (including phenoxy) is 1. The van der Waals surface area contributed by atoms with Crippen LogP contribution in [0.3, 0.4) is 0 Å². The van der Waals surface area contributed by atoms with Gasteiger partial charge in [-0.3, -0.25) is 0 Å². The van der Waals surface area contributed by atoms with Gasteiger partial charge in [-0.1, -0.05) is 11.6 Å². The molecule has 1 saturated heterocycles. The van der Waals surface area contributed by atoms with Gasteiger partial charge in [-0.05, 0) is 23.8 Å². The summed E-state index contributed by atoms with van der Waals surface area (Å²) in [6.45, 7) is 1.51. The van der Waals surface area contributed by atoms with Gasteiger partial charge in [-0.15, -0.1) is 0 Å². The molecule has 1 aromatic carbocycles. The van der Waals surface area contributed by atoms with Crippen molar-refractivity contribution in [3.05, 3.63) is 34.3 Å². The molecule has 2 nitrogen and oxygen atoms in total. The Labute approximate surface area is 102 Å². The van der Waals surface area contributed by atoms with Crippen LogP contribution >= 0.6 is 11.6 Å². The highest BCUT2D eigenvalue weighted by molar-refractivity contribution is 6.31. The van der Waals surface area contributed by atoms with Crippen LogP contribution < -0.4 is 5.32 Å². The first-order valence-corrected chi connectivity index (χ1v) is 5.54. The van der Waals surface area contributed by atoms with Crippen LogP contribution in [0.15, 0.2) is 18.2 Å². The third-order valence-electron chi connectivity index (χ3n) is 2.62. The lowest BCUT2D eigenvalue weighted by Crippen LogP contribution is -2.34. The lowest BCUT2D eigenvalue weighted by atomic mass is 10.0. The summed E-state index contributed by atoms with van der Waals surface area (Å²) in [5.74, 6) is 0. The molecule has 1 fully saturated rings. The highest BCUT2D eigenvalue weighted by Crippen LogP contribution is 2.34. The molecule has 2 rings (SSSR count). The molecule has 1 aliphatic rings. The molecule has 0 aromatic heterocycles. The largest absolute Gasteiger partial charge is 0.416 e. The number of rotatable bonds is 1. The fourth-order valence-corrected chi connectivity index (χ4v) is 2.00. The van der Waals surface area contributed by atoms with E-state index < -0.39 is 11.7 Å². The van der Waals surface area contributed by atoms with Gasteiger partial charge < -0.3 is 10.1 Å². The van der Waals surface area contributed by atoms with E-state index in [4.69, 9.17) is 16.3 Å². The van der Waals surface area contributed by atoms with Gasteiger partial charge in [-0.2, -0.15) is 13.2 Å². The number of nitrogens with one attached hydrogen (secondary N) is 1. The summed E-state index contributed by atoms with van der Waals surface area (Å²) in [4.78, 5) is 0. The van der Waals surface area contributed by atoms with Gasteiger partial charge in [0.25, 0.3) is 0 Å². The zero-order valence-electron chi connectivity index (χ0n) is 8.85. The molecule has 0 radical (unpaired) electrons. The molecule has 1 aromatic rings. The molecule has 94 valence electrons. The quantitative estimate of drug-likeness (QED) is 0.843. The Bertz CT molecular complexity index is 402. The number of alkyl halides is 3. The van der Waals surface area contributed by atoms with Crippen molar-refractivity contribution in [2.75, 3.05) is 19.8 Å². The van der Waals surface area contributed by atoms with Gasteiger partial charge in [0.1, 0.15) is 0 Å². The Hall–Kier alpha value is -0.780. The van der Waals surface area contributed by atoms with E-state index in [9.17, 15) is 13.2 Å². The van der Waals surface area contributed by atoms with Crippen molar-refractivity contribution in [3.8, 4) is 0 Å². The molecule has 0 spiro atoms. The SMILES string of the molecule is FC(F)(F)c1ccc(Cl)c(C2COCCN2)c1. The summed E-state index contributed by atoms with van der Waals surface area (Å²) >= 11 is 5.92. The Morgan fingerprint density at radius 2 is 2.12 bits per heavy atom. The highest BCUT2D eigenvalue weighted by Gasteiger charge is 2.32. The lowest BCUT2D eigenvalue weighted by molar-refractivity contribution is -0.137. The molecule has 6 heteroatoms. The van der Waals surface area contributed by atoms with E-state index in [-0.39, 0.29) is 6.04 Å². The number of hydrogen-bond donors (Lipinski definition) is 1. The second-order valence-corrected chi connectivity index (χ2v) is 4.22. The van der Waals surface area contributed by atoms with E-state index in [2.05, 4.69) is 5.32 Å². The molecule has 0 bridgehead atoms. The molecule has 1 unspecified atom stereocenters. The van der Waals surface area contributed by atoms with Crippen LogP contribution in [-0.2, 0) is 10.9 Å². The number of halogens is 4. The Morgan fingerprint density at radius 1 is 1.35 bits per heavy atom. The van der Waals surface area contributed by atoms with E-state index in [1.807, 2.05) is 0 Å². The average Bonchev–Trinajstić information content (AvgIpc) is 2.29. The average molecular weight is 266 g/mol. The number of benzene rings is 1. The monoisotopic (exact) mass is 265 g/mol. The van der Waals surface area contributed by atoms with Gasteiger partial charge in [0, 0.05) is 11.6 Å². The summed E-state index contributed by atoms with van der Waals surface area (Å²) in [5, 5.41) is 3.40. The second kappa shape index (κ2) is 4.84. The van der Waals surface area contributed by atoms with Crippen LogP contribution in [0.2, 0.25) is 5.02 Å². The van der Waals surface area contributed by atoms with Crippen molar-refractivity contribution < 1.29 is 17.9 Å². The first kappa shape index (κ1) is 12.7. The van der Waals surface area contributed by atoms with Crippen LogP contribution in [0.5, 0.6) is 0 Å². The molecule has 0 saturated carbocycles. The van der Waals surface area contributed by atoms with Crippen LogP contribution in [0.4, 0.5) is 13.2 Å². The van der Waals surface area contributed by atoms with E-state index in [1.54, 1.807) is 0 Å². The molecule has 1 aliphatic heterocycles. The predicted octanol–water partition coefficient (Wildman–Crippen LogP) is 3.02. The summed E-state index contributed by atoms with van der Waals surface area (Å²) in [5.41, 5.74) is -0.259. The topological polar surface area (TPSA) is 21.3 Å². The molecule has 0 amide bonds. The predicted molar refractivity (Wildman–Crippen MR) is 58.0 cm³/mol. The van der Waals surface area contributed by atoms with E-state index in [0.29, 0.717) is 30.3 Å². The zero-order valence-corrected chi connectivity index (χ0v) is 9.61. The summed E-state index contributed by atoms with van der Waals surface area (Å²) in [6, 6.07) is 3.05. The third-order valence-corrected chi connectivity index (χ3v) is 2.96. The summed E-state index contributed by atoms with van der Waals surface area (Å²) in [6.07, 6.45) is -4.35. The van der Waals surface area contributed by atoms with Crippen molar-refractivity contribution in [3.63, 3.8) is 0 Å². The second-order valence-electron chi connectivity index (χ2n) is 3.82. The van der Waals surface area contributed by atoms with Gasteiger partial charge in [0.15, 0.2) is 0 Å². The first-order chi connectivity index (χ1) is 7.98. The fourth-order valence-electron chi connectivity index (χ4n) is 1.75. The molecule has 1 N–H and O–H groups in total. The van der Waals surface area contributed by atoms with Crippen molar-refractivity contribution >= 4 is 11.6 Å². The summed E-state index contributed by atoms with van der Waals surface area (Å²) in [7, 11) is 0. The maximum atomic E-state index is 12.6. The Kier molecular flexibility index (Phi) is 3.61. The molecule has 1 heterocycles. The van der Waals surface area contributed by atoms with Crippen LogP contribution in [-0.4, -0.2) is 19.8 Å². The highest BCUT2D eigenvalue weighted by atomic mass is 35.5. The van der Waals surface area contributed by atoms with Crippen molar-refractivity contribution in [2.45, 2.75) is 12.2 Å². The van der Waals surface area contributed by atoms with Gasteiger partial charge in [0.2, 0.25) is 0 Å². The minimum atomic E-state index is -4.35. The zero-order chi connectivity index (χ0) is 12.5. The number of morpholine rings is 1. The first-order valence-electron chi connectivity index (χ1n) is 5.16. The maximum Gasteiger partial charge on any atom is 0.416 e. The molecular formula is C11H11ClF3NO. The Balaban J connectivity index is 2.31. The Morgan fingerprint density at radius 3 is 2.71 bits per heavy atom. The lowest BCUT2D eigenvalue weighted by Gasteiger charge is -2.25. The van der Waals surface area contributed by atoms with Gasteiger partial charge >= 0.3 is 6.18 Å². The molecule has 17 heavy (non-hydrogen) atoms. The van der Waals surface area contributed by atoms with Gasteiger partial charge in [0.05, 0.1) is 24.8 Å². The van der Waals surface area contributed by atoms with E-state index in [0.717, 1.165) is 12.1 Å². The molecule has 0 aliphatic carbocycles. The smallest absolute Gasteiger partial charge is 0.378 e. The van der Waals surface area contributed by atoms with Crippen molar-refractivity contribution in [1.29, 1.82) is 0 Å². The summed E-state index contributed by atoms with van der Waals surface area (Å²) < 4.78 is 42.9. The van der Waals surface area contributed by atoms with Crippen molar-refractivity contribution in [1.82, 2.24) is 5.32 Å². The van der Waals surface area contributed by atoms with Crippen molar-refractivity contribution in [2.24, 2.45) is 0 Å². The third kappa shape index (κ3) is 2.91. The van der Waals surface area contributed by atoms with E-state index in [1.165, 1.54) is 6.07 Å². The minimum Gasteiger partial charge on any atom is -0.378 e. The fraction of sp³-hybridized carbons (Fsp3) is 0.455. The standard InChI is InChI=1S/C11H11ClF3NO/c12-9-2-1-7(11(13,14)15)5-8(9)10-6-17-4-3-16-10/h1-2,5,10,16H,3-4,6H2.